The third-order valence-corrected chi connectivity index (χ3v) is 6.07. The van der Waals surface area contributed by atoms with Crippen LogP contribution < -0.4 is 15.4 Å². The van der Waals surface area contributed by atoms with Gasteiger partial charge in [-0.2, -0.15) is 0 Å². The van der Waals surface area contributed by atoms with Crippen LogP contribution in [-0.2, 0) is 9.53 Å². The molecule has 8 heteroatoms. The fourth-order valence-corrected chi connectivity index (χ4v) is 4.51. The number of methoxy groups -OCH3 is 1. The van der Waals surface area contributed by atoms with Crippen molar-refractivity contribution in [3.8, 4) is 5.75 Å². The molecule has 0 radical (unpaired) electrons. The van der Waals surface area contributed by atoms with Gasteiger partial charge >= 0.3 is 11.9 Å². The summed E-state index contributed by atoms with van der Waals surface area (Å²) < 4.78 is 9.92. The predicted octanol–water partition coefficient (Wildman–Crippen LogP) is 6.02. The molecule has 0 aliphatic heterocycles. The van der Waals surface area contributed by atoms with E-state index in [9.17, 15) is 9.59 Å². The van der Waals surface area contributed by atoms with E-state index >= 15 is 0 Å². The van der Waals surface area contributed by atoms with Crippen molar-refractivity contribution in [3.05, 3.63) is 40.8 Å². The standard InChI is InChI=1S/C21H24N2O4S2.C2H6/c1-13(24)27-16-10-8-14(9-11-16)19(28)23-17-12-18(21(25)26-2)29-20(17)22-15-6-4-3-5-7-15;1-2/h8-12,15,22H,3-7H2,1-2H3,(H,23,28);1-2H3. The average Bonchev–Trinajstić information content (AvgIpc) is 3.17. The Morgan fingerprint density at radius 1 is 1.10 bits per heavy atom. The van der Waals surface area contributed by atoms with E-state index in [4.69, 9.17) is 21.7 Å². The molecule has 31 heavy (non-hydrogen) atoms. The van der Waals surface area contributed by atoms with Gasteiger partial charge in [-0.25, -0.2) is 4.79 Å². The van der Waals surface area contributed by atoms with Crippen molar-refractivity contribution in [3.63, 3.8) is 0 Å². The van der Waals surface area contributed by atoms with E-state index in [2.05, 4.69) is 10.6 Å². The van der Waals surface area contributed by atoms with E-state index in [1.54, 1.807) is 30.3 Å². The van der Waals surface area contributed by atoms with E-state index in [1.807, 2.05) is 13.8 Å². The minimum absolute atomic E-state index is 0.369. The van der Waals surface area contributed by atoms with E-state index in [-0.39, 0.29) is 11.9 Å². The van der Waals surface area contributed by atoms with Gasteiger partial charge in [0, 0.05) is 18.5 Å². The Balaban J connectivity index is 0.00000166. The number of rotatable bonds is 6. The summed E-state index contributed by atoms with van der Waals surface area (Å²) in [5.41, 5.74) is 1.54. The highest BCUT2D eigenvalue weighted by atomic mass is 32.1. The Morgan fingerprint density at radius 2 is 1.74 bits per heavy atom. The first kappa shape index (κ1) is 24.8. The molecule has 0 saturated heterocycles. The van der Waals surface area contributed by atoms with Crippen LogP contribution in [0.5, 0.6) is 5.75 Å². The van der Waals surface area contributed by atoms with Crippen molar-refractivity contribution in [2.45, 2.75) is 58.9 Å². The number of carbonyl (C=O) groups excluding carboxylic acids is 2. The Labute approximate surface area is 193 Å². The quantitative estimate of drug-likeness (QED) is 0.309. The van der Waals surface area contributed by atoms with Crippen LogP contribution in [0.4, 0.5) is 10.7 Å². The Kier molecular flexibility index (Phi) is 9.94. The topological polar surface area (TPSA) is 76.7 Å². The first-order valence-electron chi connectivity index (χ1n) is 10.5. The highest BCUT2D eigenvalue weighted by molar-refractivity contribution is 7.81. The SMILES string of the molecule is CC.COC(=O)c1cc(NC(=S)c2ccc(OC(C)=O)cc2)c(NC2CCCCC2)s1. The zero-order chi connectivity index (χ0) is 22.8. The highest BCUT2D eigenvalue weighted by Crippen LogP contribution is 2.36. The van der Waals surface area contributed by atoms with Gasteiger partial charge in [0.1, 0.15) is 20.6 Å². The second-order valence-electron chi connectivity index (χ2n) is 6.90. The number of hydrogen-bond donors (Lipinski definition) is 2. The number of hydrogen-bond acceptors (Lipinski definition) is 7. The van der Waals surface area contributed by atoms with Gasteiger partial charge < -0.3 is 20.1 Å². The number of benzene rings is 1. The Bertz CT molecular complexity index is 887. The lowest BCUT2D eigenvalue weighted by Crippen LogP contribution is -2.22. The molecule has 1 saturated carbocycles. The lowest BCUT2D eigenvalue weighted by molar-refractivity contribution is -0.131. The fourth-order valence-electron chi connectivity index (χ4n) is 3.26. The summed E-state index contributed by atoms with van der Waals surface area (Å²) >= 11 is 6.91. The monoisotopic (exact) mass is 462 g/mol. The van der Waals surface area contributed by atoms with Crippen molar-refractivity contribution >= 4 is 51.2 Å². The molecule has 3 rings (SSSR count). The molecule has 0 atom stereocenters. The predicted molar refractivity (Wildman–Crippen MR) is 131 cm³/mol. The van der Waals surface area contributed by atoms with E-state index in [0.717, 1.165) is 29.1 Å². The van der Waals surface area contributed by atoms with Crippen molar-refractivity contribution in [2.75, 3.05) is 17.7 Å². The van der Waals surface area contributed by atoms with Crippen LogP contribution >= 0.6 is 23.6 Å². The van der Waals surface area contributed by atoms with Crippen molar-refractivity contribution in [2.24, 2.45) is 0 Å². The number of thiocarbonyl (C=S) groups is 1. The van der Waals surface area contributed by atoms with Crippen LogP contribution in [0.25, 0.3) is 0 Å². The van der Waals surface area contributed by atoms with Crippen LogP contribution in [0.1, 0.15) is 68.1 Å². The molecule has 1 aliphatic rings. The lowest BCUT2D eigenvalue weighted by Gasteiger charge is -2.23. The molecular formula is C23H30N2O4S2. The molecule has 2 N–H and O–H groups in total. The summed E-state index contributed by atoms with van der Waals surface area (Å²) in [5, 5.41) is 7.69. The molecule has 1 heterocycles. The maximum absolute atomic E-state index is 12.0. The van der Waals surface area contributed by atoms with Crippen molar-refractivity contribution in [1.82, 2.24) is 0 Å². The maximum Gasteiger partial charge on any atom is 0.348 e. The summed E-state index contributed by atoms with van der Waals surface area (Å²) in [4.78, 5) is 24.1. The van der Waals surface area contributed by atoms with Gasteiger partial charge in [-0.05, 0) is 43.2 Å². The minimum atomic E-state index is -0.370. The van der Waals surface area contributed by atoms with Crippen LogP contribution in [-0.4, -0.2) is 30.1 Å². The second-order valence-corrected chi connectivity index (χ2v) is 8.36. The van der Waals surface area contributed by atoms with Crippen molar-refractivity contribution < 1.29 is 19.1 Å². The van der Waals surface area contributed by atoms with E-state index in [0.29, 0.717) is 21.7 Å². The lowest BCUT2D eigenvalue weighted by atomic mass is 9.96. The summed E-state index contributed by atoms with van der Waals surface area (Å²) in [5.74, 6) is -0.274. The number of carbonyl (C=O) groups is 2. The van der Waals surface area contributed by atoms with Gasteiger partial charge in [0.05, 0.1) is 12.8 Å². The number of nitrogens with one attached hydrogen (secondary N) is 2. The summed E-state index contributed by atoms with van der Waals surface area (Å²) in [6.07, 6.45) is 5.93. The summed E-state index contributed by atoms with van der Waals surface area (Å²) in [6, 6.07) is 9.12. The molecule has 1 aliphatic carbocycles. The molecule has 0 amide bonds. The number of anilines is 2. The van der Waals surface area contributed by atoms with E-state index in [1.165, 1.54) is 44.6 Å². The first-order chi connectivity index (χ1) is 15.0. The average molecular weight is 463 g/mol. The number of thiophene rings is 1. The summed E-state index contributed by atoms with van der Waals surface area (Å²) in [6.45, 7) is 5.36. The van der Waals surface area contributed by atoms with Gasteiger partial charge in [-0.15, -0.1) is 11.3 Å². The van der Waals surface area contributed by atoms with Gasteiger partial charge in [0.25, 0.3) is 0 Å². The first-order valence-corrected chi connectivity index (χ1v) is 11.8. The molecule has 6 nitrogen and oxygen atoms in total. The largest absolute Gasteiger partial charge is 0.465 e. The minimum Gasteiger partial charge on any atom is -0.465 e. The molecule has 168 valence electrons. The third-order valence-electron chi connectivity index (χ3n) is 4.69. The van der Waals surface area contributed by atoms with Gasteiger partial charge in [0.2, 0.25) is 0 Å². The summed E-state index contributed by atoms with van der Waals surface area (Å²) in [7, 11) is 1.37. The zero-order valence-electron chi connectivity index (χ0n) is 18.4. The van der Waals surface area contributed by atoms with Crippen LogP contribution in [0.3, 0.4) is 0 Å². The molecule has 0 bridgehead atoms. The van der Waals surface area contributed by atoms with Crippen LogP contribution in [0.15, 0.2) is 30.3 Å². The van der Waals surface area contributed by atoms with Crippen molar-refractivity contribution in [1.29, 1.82) is 0 Å². The Morgan fingerprint density at radius 3 is 2.32 bits per heavy atom. The molecule has 1 fully saturated rings. The molecule has 0 spiro atoms. The highest BCUT2D eigenvalue weighted by Gasteiger charge is 2.20. The number of ether oxygens (including phenoxy) is 2. The molecule has 1 aromatic heterocycles. The smallest absolute Gasteiger partial charge is 0.348 e. The third kappa shape index (κ3) is 7.33. The fraction of sp³-hybridized carbons (Fsp3) is 0.435. The molecular weight excluding hydrogens is 432 g/mol. The van der Waals surface area contributed by atoms with Gasteiger partial charge in [-0.3, -0.25) is 4.79 Å². The van der Waals surface area contributed by atoms with Crippen LogP contribution in [0.2, 0.25) is 0 Å². The zero-order valence-corrected chi connectivity index (χ0v) is 20.1. The molecule has 1 aromatic carbocycles. The maximum atomic E-state index is 12.0. The molecule has 2 aromatic rings. The Hall–Kier alpha value is -2.45. The van der Waals surface area contributed by atoms with Gasteiger partial charge in [0.15, 0.2) is 0 Å². The number of esters is 2. The second kappa shape index (κ2) is 12.4. The normalized spacial score (nSPS) is 13.4. The van der Waals surface area contributed by atoms with Gasteiger partial charge in [-0.1, -0.05) is 45.3 Å². The van der Waals surface area contributed by atoms with E-state index < -0.39 is 0 Å². The van der Waals surface area contributed by atoms with Crippen LogP contribution in [0, 0.1) is 0 Å². The molecule has 0 unspecified atom stereocenters.